The van der Waals surface area contributed by atoms with Gasteiger partial charge in [0.05, 0.1) is 25.4 Å². The van der Waals surface area contributed by atoms with E-state index in [4.69, 9.17) is 13.9 Å². The minimum atomic E-state index is -0.162. The standard InChI is InChI=1S/C29H33NO5/c1-5-33-26-17-27-24(25(18-35-27)21-9-7-19(3)8-10-21)16-23(26)20(4)15-28(31)30-13-11-22(12-14-30)29(32)34-6-2/h7-10,15-18,22H,5-6,11-14H2,1-4H3/b20-15+. The molecule has 184 valence electrons. The van der Waals surface area contributed by atoms with E-state index in [0.29, 0.717) is 44.9 Å². The lowest BCUT2D eigenvalue weighted by Gasteiger charge is -2.30. The second-order valence-electron chi connectivity index (χ2n) is 8.97. The van der Waals surface area contributed by atoms with Gasteiger partial charge < -0.3 is 18.8 Å². The van der Waals surface area contributed by atoms with E-state index in [0.717, 1.165) is 33.2 Å². The Morgan fingerprint density at radius 1 is 1.09 bits per heavy atom. The van der Waals surface area contributed by atoms with Crippen molar-refractivity contribution in [2.75, 3.05) is 26.3 Å². The largest absolute Gasteiger partial charge is 0.493 e. The number of allylic oxidation sites excluding steroid dienone is 1. The molecule has 1 aliphatic heterocycles. The van der Waals surface area contributed by atoms with Gasteiger partial charge in [-0.05, 0) is 57.7 Å². The molecule has 1 amide bonds. The molecule has 1 aliphatic rings. The van der Waals surface area contributed by atoms with Gasteiger partial charge in [0, 0.05) is 41.7 Å². The first-order valence-electron chi connectivity index (χ1n) is 12.3. The maximum absolute atomic E-state index is 13.1. The van der Waals surface area contributed by atoms with E-state index >= 15 is 0 Å². The Kier molecular flexibility index (Phi) is 7.59. The molecule has 1 fully saturated rings. The summed E-state index contributed by atoms with van der Waals surface area (Å²) in [7, 11) is 0. The van der Waals surface area contributed by atoms with Crippen LogP contribution in [0.3, 0.4) is 0 Å². The highest BCUT2D eigenvalue weighted by atomic mass is 16.5. The fourth-order valence-corrected chi connectivity index (χ4v) is 4.54. The van der Waals surface area contributed by atoms with Crippen LogP contribution in [0.4, 0.5) is 0 Å². The fourth-order valence-electron chi connectivity index (χ4n) is 4.54. The van der Waals surface area contributed by atoms with Gasteiger partial charge in [-0.25, -0.2) is 0 Å². The summed E-state index contributed by atoms with van der Waals surface area (Å²) in [6, 6.07) is 12.3. The molecule has 1 aromatic heterocycles. The van der Waals surface area contributed by atoms with Crippen molar-refractivity contribution < 1.29 is 23.5 Å². The minimum Gasteiger partial charge on any atom is -0.493 e. The maximum atomic E-state index is 13.1. The zero-order chi connectivity index (χ0) is 24.9. The first-order chi connectivity index (χ1) is 16.9. The van der Waals surface area contributed by atoms with Crippen LogP contribution in [0.15, 0.2) is 53.2 Å². The van der Waals surface area contributed by atoms with E-state index in [1.807, 2.05) is 32.9 Å². The molecule has 6 heteroatoms. The predicted octanol–water partition coefficient (Wildman–Crippen LogP) is 6.01. The molecule has 0 radical (unpaired) electrons. The molecule has 0 bridgehead atoms. The molecule has 4 rings (SSSR count). The number of hydrogen-bond donors (Lipinski definition) is 0. The highest BCUT2D eigenvalue weighted by Gasteiger charge is 2.27. The maximum Gasteiger partial charge on any atom is 0.309 e. The Balaban J connectivity index is 1.60. The van der Waals surface area contributed by atoms with E-state index in [1.165, 1.54) is 5.56 Å². The van der Waals surface area contributed by atoms with E-state index in [1.54, 1.807) is 17.2 Å². The number of rotatable bonds is 7. The van der Waals surface area contributed by atoms with Crippen LogP contribution in [0, 0.1) is 12.8 Å². The van der Waals surface area contributed by atoms with Crippen LogP contribution in [0.25, 0.3) is 27.7 Å². The number of ether oxygens (including phenoxy) is 2. The van der Waals surface area contributed by atoms with Gasteiger partial charge in [-0.2, -0.15) is 0 Å². The van der Waals surface area contributed by atoms with E-state index in [-0.39, 0.29) is 17.8 Å². The van der Waals surface area contributed by atoms with Gasteiger partial charge in [0.15, 0.2) is 0 Å². The van der Waals surface area contributed by atoms with Crippen molar-refractivity contribution >= 4 is 28.4 Å². The molecule has 0 aliphatic carbocycles. The molecule has 0 N–H and O–H groups in total. The Bertz CT molecular complexity index is 1230. The molecule has 1 saturated heterocycles. The van der Waals surface area contributed by atoms with Crippen molar-refractivity contribution in [1.82, 2.24) is 4.90 Å². The summed E-state index contributed by atoms with van der Waals surface area (Å²) in [5.41, 5.74) is 5.71. The van der Waals surface area contributed by atoms with Crippen molar-refractivity contribution in [2.45, 2.75) is 40.5 Å². The van der Waals surface area contributed by atoms with Gasteiger partial charge in [-0.15, -0.1) is 0 Å². The number of amides is 1. The number of hydrogen-bond acceptors (Lipinski definition) is 5. The Hall–Kier alpha value is -3.54. The molecule has 2 aromatic carbocycles. The van der Waals surface area contributed by atoms with Crippen molar-refractivity contribution in [2.24, 2.45) is 5.92 Å². The van der Waals surface area contributed by atoms with Crippen molar-refractivity contribution in [1.29, 1.82) is 0 Å². The summed E-state index contributed by atoms with van der Waals surface area (Å²) in [5.74, 6) is 0.341. The molecule has 2 heterocycles. The zero-order valence-electron chi connectivity index (χ0n) is 20.9. The van der Waals surface area contributed by atoms with Gasteiger partial charge in [0.25, 0.3) is 0 Å². The number of nitrogens with zero attached hydrogens (tertiary/aromatic N) is 1. The molecule has 0 spiro atoms. The summed E-state index contributed by atoms with van der Waals surface area (Å²) >= 11 is 0. The molecular formula is C29H33NO5. The Labute approximate surface area is 206 Å². The van der Waals surface area contributed by atoms with Crippen molar-refractivity contribution in [3.63, 3.8) is 0 Å². The summed E-state index contributed by atoms with van der Waals surface area (Å²) in [4.78, 5) is 26.9. The smallest absolute Gasteiger partial charge is 0.309 e. The van der Waals surface area contributed by atoms with E-state index in [2.05, 4.69) is 31.2 Å². The van der Waals surface area contributed by atoms with Gasteiger partial charge in [0.1, 0.15) is 11.3 Å². The summed E-state index contributed by atoms with van der Waals surface area (Å²) < 4.78 is 16.9. The molecule has 3 aromatic rings. The number of furan rings is 1. The number of benzene rings is 2. The lowest BCUT2D eigenvalue weighted by atomic mass is 9.96. The number of esters is 1. The second-order valence-corrected chi connectivity index (χ2v) is 8.97. The third-order valence-electron chi connectivity index (χ3n) is 6.53. The van der Waals surface area contributed by atoms with Gasteiger partial charge in [-0.1, -0.05) is 29.8 Å². The number of piperidine rings is 1. The van der Waals surface area contributed by atoms with Crippen LogP contribution < -0.4 is 4.74 Å². The van der Waals surface area contributed by atoms with Crippen LogP contribution in [0.5, 0.6) is 5.75 Å². The first kappa shape index (κ1) is 24.6. The fraction of sp³-hybridized carbons (Fsp3) is 0.379. The Morgan fingerprint density at radius 2 is 1.80 bits per heavy atom. The van der Waals surface area contributed by atoms with Gasteiger partial charge in [-0.3, -0.25) is 9.59 Å². The summed E-state index contributed by atoms with van der Waals surface area (Å²) in [5, 5.41) is 0.975. The Morgan fingerprint density at radius 3 is 2.46 bits per heavy atom. The molecule has 0 unspecified atom stereocenters. The highest BCUT2D eigenvalue weighted by Crippen LogP contribution is 2.37. The van der Waals surface area contributed by atoms with Crippen molar-refractivity contribution in [3.8, 4) is 16.9 Å². The molecule has 6 nitrogen and oxygen atoms in total. The third kappa shape index (κ3) is 5.42. The lowest BCUT2D eigenvalue weighted by molar-refractivity contribution is -0.150. The number of likely N-dealkylation sites (tertiary alicyclic amines) is 1. The van der Waals surface area contributed by atoms with Crippen LogP contribution >= 0.6 is 0 Å². The van der Waals surface area contributed by atoms with Crippen LogP contribution in [-0.4, -0.2) is 43.1 Å². The minimum absolute atomic E-state index is 0.0571. The number of aryl methyl sites for hydroxylation is 1. The quantitative estimate of drug-likeness (QED) is 0.309. The summed E-state index contributed by atoms with van der Waals surface area (Å²) in [6.07, 6.45) is 4.69. The van der Waals surface area contributed by atoms with Gasteiger partial charge in [0.2, 0.25) is 5.91 Å². The van der Waals surface area contributed by atoms with Crippen molar-refractivity contribution in [3.05, 3.63) is 59.9 Å². The molecular weight excluding hydrogens is 442 g/mol. The first-order valence-corrected chi connectivity index (χ1v) is 12.3. The third-order valence-corrected chi connectivity index (χ3v) is 6.53. The summed E-state index contributed by atoms with van der Waals surface area (Å²) in [6.45, 7) is 9.72. The average molecular weight is 476 g/mol. The highest BCUT2D eigenvalue weighted by molar-refractivity contribution is 6.00. The molecule has 0 atom stereocenters. The van der Waals surface area contributed by atoms with E-state index < -0.39 is 0 Å². The topological polar surface area (TPSA) is 69.0 Å². The predicted molar refractivity (Wildman–Crippen MR) is 137 cm³/mol. The van der Waals surface area contributed by atoms with Crippen LogP contribution in [0.1, 0.15) is 44.7 Å². The number of fused-ring (bicyclic) bond motifs is 1. The van der Waals surface area contributed by atoms with Crippen LogP contribution in [-0.2, 0) is 14.3 Å². The number of carbonyl (C=O) groups is 2. The SMILES string of the molecule is CCOC(=O)C1CCN(C(=O)/C=C(\C)c2cc3c(-c4ccc(C)cc4)coc3cc2OCC)CC1. The molecule has 0 saturated carbocycles. The average Bonchev–Trinajstić information content (AvgIpc) is 3.27. The second kappa shape index (κ2) is 10.8. The van der Waals surface area contributed by atoms with Crippen LogP contribution in [0.2, 0.25) is 0 Å². The zero-order valence-corrected chi connectivity index (χ0v) is 20.9. The number of carbonyl (C=O) groups excluding carboxylic acids is 2. The van der Waals surface area contributed by atoms with E-state index in [9.17, 15) is 9.59 Å². The monoisotopic (exact) mass is 475 g/mol. The lowest BCUT2D eigenvalue weighted by Crippen LogP contribution is -2.40. The van der Waals surface area contributed by atoms with Gasteiger partial charge >= 0.3 is 5.97 Å². The normalized spacial score (nSPS) is 14.9. The molecule has 35 heavy (non-hydrogen) atoms.